The van der Waals surface area contributed by atoms with Gasteiger partial charge < -0.3 is 38.6 Å². The minimum atomic E-state index is -5.96. The van der Waals surface area contributed by atoms with E-state index in [2.05, 4.69) is 4.18 Å². The molecule has 1 saturated heterocycles. The van der Waals surface area contributed by atoms with Crippen LogP contribution in [0, 0.1) is 11.7 Å². The van der Waals surface area contributed by atoms with Crippen LogP contribution in [0.15, 0.2) is 72.8 Å². The molecule has 2 unspecified atom stereocenters. The fourth-order valence-corrected chi connectivity index (χ4v) is 6.52. The SMILES string of the molecule is CC(=O)OCC(O)(COC(C)=O)C(O)C(O)Cc1ccc([C@@H]2[C@@H](CC[C@H](OC(C)=O)c3ccc(F)cc3)C(=O)N2c2ccc(OS(=O)(=O)C(F)(F)F)cc2)cc1. The predicted octanol–water partition coefficient (Wildman–Crippen LogP) is 3.96. The van der Waals surface area contributed by atoms with Crippen LogP contribution < -0.4 is 9.08 Å². The lowest BCUT2D eigenvalue weighted by molar-refractivity contribution is -0.190. The molecule has 0 aliphatic carbocycles. The van der Waals surface area contributed by atoms with E-state index in [4.69, 9.17) is 14.2 Å². The number of esters is 3. The smallest absolute Gasteiger partial charge is 0.463 e. The Balaban J connectivity index is 1.60. The lowest BCUT2D eigenvalue weighted by atomic mass is 9.78. The van der Waals surface area contributed by atoms with Crippen LogP contribution in [-0.2, 0) is 49.9 Å². The largest absolute Gasteiger partial charge is 0.534 e. The molecule has 0 saturated carbocycles. The molecule has 4 rings (SSSR count). The standard InChI is InChI=1S/C37H39F4NO13S/c1-21(43)52-19-36(49,20-53-22(2)44)34(47)31(46)18-24-4-6-26(7-5-24)33-30(16-17-32(54-23(3)45)25-8-10-27(38)11-9-25)35(48)42(33)28-12-14-29(15-13-28)55-56(50,51)37(39,40)41/h4-15,30-34,46-47,49H,16-20H2,1-3H3/t30-,31?,32+,33-,34?/m1/s1. The van der Waals surface area contributed by atoms with Crippen molar-refractivity contribution in [3.8, 4) is 5.75 Å². The molecule has 0 spiro atoms. The molecule has 304 valence electrons. The Labute approximate surface area is 318 Å². The van der Waals surface area contributed by atoms with Crippen molar-refractivity contribution in [1.29, 1.82) is 0 Å². The van der Waals surface area contributed by atoms with Crippen LogP contribution in [-0.4, -0.2) is 84.1 Å². The number of carbonyl (C=O) groups is 4. The van der Waals surface area contributed by atoms with Gasteiger partial charge in [0.1, 0.15) is 37.0 Å². The van der Waals surface area contributed by atoms with Crippen molar-refractivity contribution in [2.45, 2.75) is 75.5 Å². The molecule has 19 heteroatoms. The number of ether oxygens (including phenoxy) is 3. The van der Waals surface area contributed by atoms with Crippen molar-refractivity contribution >= 4 is 39.6 Å². The molecule has 3 N–H and O–H groups in total. The first-order valence-electron chi connectivity index (χ1n) is 16.9. The molecule has 1 aliphatic rings. The van der Waals surface area contributed by atoms with Gasteiger partial charge in [-0.2, -0.15) is 21.6 Å². The lowest BCUT2D eigenvalue weighted by Crippen LogP contribution is -2.56. The summed E-state index contributed by atoms with van der Waals surface area (Å²) in [5.41, 5.74) is -6.44. The van der Waals surface area contributed by atoms with Gasteiger partial charge in [-0.05, 0) is 65.9 Å². The third kappa shape index (κ3) is 10.8. The molecule has 1 heterocycles. The molecule has 1 amide bonds. The second kappa shape index (κ2) is 17.8. The van der Waals surface area contributed by atoms with Crippen molar-refractivity contribution in [2.24, 2.45) is 5.92 Å². The molecular weight excluding hydrogens is 774 g/mol. The van der Waals surface area contributed by atoms with Crippen LogP contribution in [0.4, 0.5) is 23.2 Å². The monoisotopic (exact) mass is 813 g/mol. The molecule has 1 fully saturated rings. The molecule has 5 atom stereocenters. The van der Waals surface area contributed by atoms with Gasteiger partial charge >= 0.3 is 33.5 Å². The van der Waals surface area contributed by atoms with Crippen LogP contribution >= 0.6 is 0 Å². The number of β-lactam (4-membered cyclic amide) rings is 1. The van der Waals surface area contributed by atoms with E-state index in [1.807, 2.05) is 0 Å². The van der Waals surface area contributed by atoms with E-state index in [1.165, 1.54) is 48.2 Å². The number of amides is 1. The zero-order valence-corrected chi connectivity index (χ0v) is 31.0. The summed E-state index contributed by atoms with van der Waals surface area (Å²) in [5, 5.41) is 32.7. The lowest BCUT2D eigenvalue weighted by Gasteiger charge is -2.48. The zero-order chi connectivity index (χ0) is 41.6. The highest BCUT2D eigenvalue weighted by molar-refractivity contribution is 7.88. The number of rotatable bonds is 17. The number of nitrogens with zero attached hydrogens (tertiary/aromatic N) is 1. The highest BCUT2D eigenvalue weighted by atomic mass is 32.2. The molecule has 56 heavy (non-hydrogen) atoms. The Hall–Kier alpha value is -5.11. The maximum Gasteiger partial charge on any atom is 0.534 e. The average Bonchev–Trinajstić information content (AvgIpc) is 3.12. The Morgan fingerprint density at radius 2 is 1.39 bits per heavy atom. The maximum absolute atomic E-state index is 13.7. The summed E-state index contributed by atoms with van der Waals surface area (Å²) in [7, 11) is -5.96. The Kier molecular flexibility index (Phi) is 13.8. The summed E-state index contributed by atoms with van der Waals surface area (Å²) in [6.07, 6.45) is -4.48. The van der Waals surface area contributed by atoms with Crippen LogP contribution in [0.3, 0.4) is 0 Å². The highest BCUT2D eigenvalue weighted by Crippen LogP contribution is 2.47. The minimum Gasteiger partial charge on any atom is -0.463 e. The first kappa shape index (κ1) is 43.6. The summed E-state index contributed by atoms with van der Waals surface area (Å²) in [6.45, 7) is 1.70. The minimum absolute atomic E-state index is 0.125. The average molecular weight is 814 g/mol. The van der Waals surface area contributed by atoms with Crippen molar-refractivity contribution in [3.63, 3.8) is 0 Å². The molecule has 3 aromatic rings. The van der Waals surface area contributed by atoms with Crippen molar-refractivity contribution in [1.82, 2.24) is 0 Å². The van der Waals surface area contributed by atoms with E-state index in [1.54, 1.807) is 24.3 Å². The second-order valence-corrected chi connectivity index (χ2v) is 14.6. The molecule has 0 aromatic heterocycles. The number of aliphatic hydroxyl groups excluding tert-OH is 2. The van der Waals surface area contributed by atoms with E-state index < -0.39 is 100 Å². The van der Waals surface area contributed by atoms with Crippen molar-refractivity contribution in [2.75, 3.05) is 18.1 Å². The Morgan fingerprint density at radius 1 is 0.839 bits per heavy atom. The topological polar surface area (TPSA) is 203 Å². The molecule has 0 bridgehead atoms. The Morgan fingerprint density at radius 3 is 1.89 bits per heavy atom. The van der Waals surface area contributed by atoms with E-state index in [9.17, 15) is 60.5 Å². The number of aliphatic hydroxyl groups is 3. The zero-order valence-electron chi connectivity index (χ0n) is 30.1. The summed E-state index contributed by atoms with van der Waals surface area (Å²) in [5.74, 6) is -4.60. The van der Waals surface area contributed by atoms with Gasteiger partial charge in [0, 0.05) is 32.9 Å². The van der Waals surface area contributed by atoms with Crippen molar-refractivity contribution < 1.29 is 78.9 Å². The van der Waals surface area contributed by atoms with E-state index in [0.29, 0.717) is 16.7 Å². The first-order chi connectivity index (χ1) is 26.1. The van der Waals surface area contributed by atoms with Gasteiger partial charge in [0.2, 0.25) is 5.91 Å². The van der Waals surface area contributed by atoms with Gasteiger partial charge in [0.05, 0.1) is 18.1 Å². The van der Waals surface area contributed by atoms with Crippen LogP contribution in [0.25, 0.3) is 0 Å². The molecule has 1 aliphatic heterocycles. The van der Waals surface area contributed by atoms with E-state index in [0.717, 1.165) is 26.0 Å². The first-order valence-corrected chi connectivity index (χ1v) is 18.3. The molecule has 14 nitrogen and oxygen atoms in total. The number of anilines is 1. The summed E-state index contributed by atoms with van der Waals surface area (Å²) < 4.78 is 94.5. The van der Waals surface area contributed by atoms with Crippen LogP contribution in [0.1, 0.15) is 62.4 Å². The number of carbonyl (C=O) groups excluding carboxylic acids is 4. The third-order valence-electron chi connectivity index (χ3n) is 8.84. The van der Waals surface area contributed by atoms with Gasteiger partial charge in [-0.15, -0.1) is 0 Å². The molecule has 0 radical (unpaired) electrons. The van der Waals surface area contributed by atoms with Gasteiger partial charge in [0.15, 0.2) is 5.60 Å². The number of hydrogen-bond donors (Lipinski definition) is 3. The van der Waals surface area contributed by atoms with Gasteiger partial charge in [-0.1, -0.05) is 36.4 Å². The predicted molar refractivity (Wildman–Crippen MR) is 186 cm³/mol. The fraction of sp³-hybridized carbons (Fsp3) is 0.405. The molecule has 3 aromatic carbocycles. The Bertz CT molecular complexity index is 1960. The third-order valence-corrected chi connectivity index (χ3v) is 9.82. The van der Waals surface area contributed by atoms with Crippen LogP contribution in [0.2, 0.25) is 0 Å². The quantitative estimate of drug-likeness (QED) is 0.0442. The fourth-order valence-electron chi connectivity index (χ4n) is 6.07. The van der Waals surface area contributed by atoms with Gasteiger partial charge in [0.25, 0.3) is 0 Å². The number of hydrogen-bond acceptors (Lipinski definition) is 13. The summed E-state index contributed by atoms with van der Waals surface area (Å²) in [4.78, 5) is 49.7. The maximum atomic E-state index is 13.7. The number of halogens is 4. The highest BCUT2D eigenvalue weighted by Gasteiger charge is 2.50. The number of benzene rings is 3. The number of alkyl halides is 3. The second-order valence-electron chi connectivity index (χ2n) is 13.1. The molecular formula is C37H39F4NO13S. The van der Waals surface area contributed by atoms with Gasteiger partial charge in [-0.25, -0.2) is 4.39 Å². The summed E-state index contributed by atoms with van der Waals surface area (Å²) >= 11 is 0. The van der Waals surface area contributed by atoms with E-state index >= 15 is 0 Å². The van der Waals surface area contributed by atoms with Crippen LogP contribution in [0.5, 0.6) is 5.75 Å². The van der Waals surface area contributed by atoms with Crippen molar-refractivity contribution in [3.05, 3.63) is 95.3 Å². The summed E-state index contributed by atoms with van der Waals surface area (Å²) in [6, 6.07) is 15.1. The normalized spacial score (nSPS) is 17.6. The van der Waals surface area contributed by atoms with Gasteiger partial charge in [-0.3, -0.25) is 19.2 Å². The van der Waals surface area contributed by atoms with E-state index in [-0.39, 0.29) is 24.9 Å².